The third-order valence-electron chi connectivity index (χ3n) is 4.72. The fourth-order valence-electron chi connectivity index (χ4n) is 3.13. The Balaban J connectivity index is 2.36. The first kappa shape index (κ1) is 21.9. The first-order valence-electron chi connectivity index (χ1n) is 9.29. The smallest absolute Gasteiger partial charge is 0.331 e. The summed E-state index contributed by atoms with van der Waals surface area (Å²) in [6.45, 7) is 9.84. The monoisotopic (exact) mass is 396 g/mol. The maximum absolute atomic E-state index is 12.4. The van der Waals surface area contributed by atoms with Gasteiger partial charge in [0.15, 0.2) is 6.73 Å². The number of nitrogens with one attached hydrogen (secondary N) is 1. The van der Waals surface area contributed by atoms with Crippen LogP contribution in [0.4, 0.5) is 0 Å². The number of ether oxygens (including phenoxy) is 3. The number of aromatic amines is 1. The van der Waals surface area contributed by atoms with Gasteiger partial charge in [-0.05, 0) is 27.2 Å². The molecule has 1 saturated heterocycles. The van der Waals surface area contributed by atoms with E-state index < -0.39 is 40.8 Å². The third-order valence-corrected chi connectivity index (χ3v) is 4.72. The first-order chi connectivity index (χ1) is 13.0. The standard InChI is InChI=1S/C19H28N2O7/c1-7-13-10(2)14(27-11(3)22)15(28-13)12-8-21(18(25)20-16(12)23)9-26-17(24)19(4,5)6/h8,10,13-15H,7,9H2,1-6H3,(H,20,23,25)/t10-,13+,14?,15-/m0/s1. The molecule has 0 bridgehead atoms. The number of H-pyrrole nitrogens is 1. The zero-order valence-electron chi connectivity index (χ0n) is 17.1. The molecule has 4 atom stereocenters. The maximum Gasteiger partial charge on any atom is 0.331 e. The van der Waals surface area contributed by atoms with Crippen LogP contribution in [0.15, 0.2) is 15.8 Å². The Morgan fingerprint density at radius 3 is 2.46 bits per heavy atom. The van der Waals surface area contributed by atoms with Gasteiger partial charge >= 0.3 is 17.6 Å². The number of nitrogens with zero attached hydrogens (tertiary/aromatic N) is 1. The molecule has 1 aromatic rings. The summed E-state index contributed by atoms with van der Waals surface area (Å²) in [6.07, 6.45) is 0.288. The number of carbonyl (C=O) groups excluding carboxylic acids is 2. The summed E-state index contributed by atoms with van der Waals surface area (Å²) in [7, 11) is 0. The van der Waals surface area contributed by atoms with E-state index in [1.165, 1.54) is 13.1 Å². The van der Waals surface area contributed by atoms with Crippen LogP contribution in [-0.4, -0.2) is 33.7 Å². The van der Waals surface area contributed by atoms with E-state index in [-0.39, 0.29) is 24.3 Å². The molecule has 1 aliphatic heterocycles. The van der Waals surface area contributed by atoms with Crippen LogP contribution < -0.4 is 11.2 Å². The van der Waals surface area contributed by atoms with E-state index >= 15 is 0 Å². The lowest BCUT2D eigenvalue weighted by Crippen LogP contribution is -2.37. The Morgan fingerprint density at radius 2 is 1.93 bits per heavy atom. The molecule has 9 nitrogen and oxygen atoms in total. The predicted molar refractivity (Wildman–Crippen MR) is 99.5 cm³/mol. The topological polar surface area (TPSA) is 117 Å². The van der Waals surface area contributed by atoms with Crippen molar-refractivity contribution < 1.29 is 23.8 Å². The Bertz CT molecular complexity index is 849. The highest BCUT2D eigenvalue weighted by Crippen LogP contribution is 2.39. The van der Waals surface area contributed by atoms with Crippen LogP contribution in [0, 0.1) is 11.3 Å². The fraction of sp³-hybridized carbons (Fsp3) is 0.684. The second-order valence-corrected chi connectivity index (χ2v) is 8.06. The molecular formula is C19H28N2O7. The van der Waals surface area contributed by atoms with Crippen LogP contribution in [0.5, 0.6) is 0 Å². The van der Waals surface area contributed by atoms with Crippen molar-refractivity contribution in [2.24, 2.45) is 11.3 Å². The molecule has 1 aliphatic rings. The van der Waals surface area contributed by atoms with Crippen LogP contribution in [-0.2, 0) is 30.5 Å². The van der Waals surface area contributed by atoms with Crippen molar-refractivity contribution in [2.45, 2.75) is 73.0 Å². The SMILES string of the molecule is CC[C@H]1O[C@@H](c2cn(COC(=O)C(C)(C)C)c(=O)[nH]c2=O)C(OC(C)=O)[C@H]1C. The largest absolute Gasteiger partial charge is 0.459 e. The van der Waals surface area contributed by atoms with Gasteiger partial charge in [-0.2, -0.15) is 0 Å². The van der Waals surface area contributed by atoms with Crippen LogP contribution in [0.2, 0.25) is 0 Å². The maximum atomic E-state index is 12.4. The first-order valence-corrected chi connectivity index (χ1v) is 9.29. The molecule has 1 fully saturated rings. The molecule has 1 unspecified atom stereocenters. The highest BCUT2D eigenvalue weighted by molar-refractivity contribution is 5.75. The number of aromatic nitrogens is 2. The molecule has 1 N–H and O–H groups in total. The molecule has 0 aromatic carbocycles. The predicted octanol–water partition coefficient (Wildman–Crippen LogP) is 1.50. The fourth-order valence-corrected chi connectivity index (χ4v) is 3.13. The molecule has 2 rings (SSSR count). The average Bonchev–Trinajstić information content (AvgIpc) is 2.88. The lowest BCUT2D eigenvalue weighted by Gasteiger charge is -2.21. The van der Waals surface area contributed by atoms with Crippen LogP contribution in [0.3, 0.4) is 0 Å². The number of carbonyl (C=O) groups is 2. The van der Waals surface area contributed by atoms with Crippen LogP contribution in [0.1, 0.15) is 59.6 Å². The van der Waals surface area contributed by atoms with Crippen molar-refractivity contribution in [1.82, 2.24) is 9.55 Å². The van der Waals surface area contributed by atoms with Gasteiger partial charge in [0.25, 0.3) is 5.56 Å². The van der Waals surface area contributed by atoms with E-state index in [1.807, 2.05) is 13.8 Å². The number of hydrogen-bond donors (Lipinski definition) is 1. The van der Waals surface area contributed by atoms with E-state index in [9.17, 15) is 19.2 Å². The lowest BCUT2D eigenvalue weighted by molar-refractivity contribution is -0.157. The Morgan fingerprint density at radius 1 is 1.29 bits per heavy atom. The summed E-state index contributed by atoms with van der Waals surface area (Å²) in [5.74, 6) is -1.09. The van der Waals surface area contributed by atoms with Crippen molar-refractivity contribution in [3.8, 4) is 0 Å². The third kappa shape index (κ3) is 4.70. The lowest BCUT2D eigenvalue weighted by atomic mass is 9.94. The van der Waals surface area contributed by atoms with Gasteiger partial charge in [-0.1, -0.05) is 13.8 Å². The zero-order chi connectivity index (χ0) is 21.2. The minimum atomic E-state index is -0.822. The second kappa shape index (κ2) is 8.30. The van der Waals surface area contributed by atoms with Gasteiger partial charge in [0.1, 0.15) is 12.2 Å². The summed E-state index contributed by atoms with van der Waals surface area (Å²) in [5, 5.41) is 0. The van der Waals surface area contributed by atoms with Crippen molar-refractivity contribution in [3.05, 3.63) is 32.6 Å². The molecule has 9 heteroatoms. The second-order valence-electron chi connectivity index (χ2n) is 8.06. The average molecular weight is 396 g/mol. The minimum Gasteiger partial charge on any atom is -0.459 e. The number of esters is 2. The summed E-state index contributed by atoms with van der Waals surface area (Å²) in [6, 6.07) is 0. The van der Waals surface area contributed by atoms with Gasteiger partial charge in [0, 0.05) is 19.0 Å². The normalized spacial score (nSPS) is 24.8. The highest BCUT2D eigenvalue weighted by atomic mass is 16.6. The van der Waals surface area contributed by atoms with Crippen molar-refractivity contribution in [2.75, 3.05) is 0 Å². The Labute approximate surface area is 163 Å². The molecule has 0 aliphatic carbocycles. The molecule has 0 amide bonds. The number of rotatable bonds is 5. The summed E-state index contributed by atoms with van der Waals surface area (Å²) < 4.78 is 17.6. The van der Waals surface area contributed by atoms with Crippen molar-refractivity contribution >= 4 is 11.9 Å². The van der Waals surface area contributed by atoms with E-state index in [0.717, 1.165) is 4.57 Å². The Hall–Kier alpha value is -2.42. The van der Waals surface area contributed by atoms with Gasteiger partial charge in [-0.3, -0.25) is 23.9 Å². The summed E-state index contributed by atoms with van der Waals surface area (Å²) in [4.78, 5) is 50.2. The zero-order valence-corrected chi connectivity index (χ0v) is 17.1. The Kier molecular flexibility index (Phi) is 6.48. The van der Waals surface area contributed by atoms with E-state index in [0.29, 0.717) is 6.42 Å². The van der Waals surface area contributed by atoms with E-state index in [4.69, 9.17) is 14.2 Å². The molecule has 1 aromatic heterocycles. The molecule has 156 valence electrons. The van der Waals surface area contributed by atoms with Crippen molar-refractivity contribution in [3.63, 3.8) is 0 Å². The van der Waals surface area contributed by atoms with Crippen molar-refractivity contribution in [1.29, 1.82) is 0 Å². The van der Waals surface area contributed by atoms with Gasteiger partial charge in [-0.25, -0.2) is 4.79 Å². The van der Waals surface area contributed by atoms with Gasteiger partial charge in [0.2, 0.25) is 0 Å². The molecular weight excluding hydrogens is 368 g/mol. The molecule has 0 spiro atoms. The molecule has 28 heavy (non-hydrogen) atoms. The van der Waals surface area contributed by atoms with Crippen LogP contribution >= 0.6 is 0 Å². The number of hydrogen-bond acceptors (Lipinski definition) is 7. The molecule has 0 radical (unpaired) electrons. The summed E-state index contributed by atoms with van der Waals surface area (Å²) in [5.41, 5.74) is -1.93. The van der Waals surface area contributed by atoms with Gasteiger partial charge in [-0.15, -0.1) is 0 Å². The summed E-state index contributed by atoms with van der Waals surface area (Å²) >= 11 is 0. The highest BCUT2D eigenvalue weighted by Gasteiger charge is 2.45. The molecule has 2 heterocycles. The molecule has 0 saturated carbocycles. The van der Waals surface area contributed by atoms with Gasteiger partial charge < -0.3 is 14.2 Å². The van der Waals surface area contributed by atoms with E-state index in [1.54, 1.807) is 20.8 Å². The quantitative estimate of drug-likeness (QED) is 0.750. The van der Waals surface area contributed by atoms with Gasteiger partial charge in [0.05, 0.1) is 17.1 Å². The van der Waals surface area contributed by atoms with E-state index in [2.05, 4.69) is 4.98 Å². The van der Waals surface area contributed by atoms with Crippen LogP contribution in [0.25, 0.3) is 0 Å². The minimum absolute atomic E-state index is 0.127.